The molecule has 0 aromatic carbocycles. The highest BCUT2D eigenvalue weighted by Crippen LogP contribution is 2.13. The maximum absolute atomic E-state index is 2.63. The molecule has 1 aliphatic rings. The number of rotatable bonds is 3. The molecule has 0 amide bonds. The summed E-state index contributed by atoms with van der Waals surface area (Å²) < 4.78 is 0. The molecule has 2 heteroatoms. The monoisotopic (exact) mass is 183 g/mol. The first-order chi connectivity index (χ1) is 5.64. The van der Waals surface area contributed by atoms with Gasteiger partial charge in [-0.2, -0.15) is 0 Å². The van der Waals surface area contributed by atoms with Crippen LogP contribution in [0.15, 0.2) is 11.8 Å². The molecular formula is C10H21NSi. The zero-order valence-corrected chi connectivity index (χ0v) is 9.64. The van der Waals surface area contributed by atoms with Crippen molar-refractivity contribution in [3.63, 3.8) is 0 Å². The third kappa shape index (κ3) is 3.11. The predicted molar refractivity (Wildman–Crippen MR) is 58.0 cm³/mol. The molecule has 0 unspecified atom stereocenters. The normalized spacial score (nSPS) is 20.9. The van der Waals surface area contributed by atoms with E-state index in [0.717, 1.165) is 0 Å². The van der Waals surface area contributed by atoms with E-state index < -0.39 is 8.07 Å². The zero-order valence-electron chi connectivity index (χ0n) is 8.64. The lowest BCUT2D eigenvalue weighted by molar-refractivity contribution is 0.390. The Morgan fingerprint density at radius 3 is 2.33 bits per heavy atom. The van der Waals surface area contributed by atoms with E-state index in [1.54, 1.807) is 0 Å². The Morgan fingerprint density at radius 2 is 1.83 bits per heavy atom. The summed E-state index contributed by atoms with van der Waals surface area (Å²) in [6.07, 6.45) is 6.42. The van der Waals surface area contributed by atoms with Crippen molar-refractivity contribution in [1.29, 1.82) is 0 Å². The van der Waals surface area contributed by atoms with Gasteiger partial charge in [-0.25, -0.2) is 0 Å². The van der Waals surface area contributed by atoms with E-state index in [4.69, 9.17) is 0 Å². The van der Waals surface area contributed by atoms with Crippen LogP contribution in [0.25, 0.3) is 0 Å². The lowest BCUT2D eigenvalue weighted by atomic mass is 10.4. The van der Waals surface area contributed by atoms with Crippen molar-refractivity contribution in [2.24, 2.45) is 0 Å². The molecule has 0 bridgehead atoms. The number of allylic oxidation sites excluding steroid dienone is 1. The van der Waals surface area contributed by atoms with E-state index in [9.17, 15) is 0 Å². The zero-order chi connectivity index (χ0) is 9.03. The first kappa shape index (κ1) is 10.0. The predicted octanol–water partition coefficient (Wildman–Crippen LogP) is 2.45. The smallest absolute Gasteiger partial charge is 0.0857 e. The second-order valence-corrected chi connectivity index (χ2v) is 9.10. The van der Waals surface area contributed by atoms with Gasteiger partial charge in [-0.05, 0) is 39.0 Å². The quantitative estimate of drug-likeness (QED) is 0.608. The summed E-state index contributed by atoms with van der Waals surface area (Å²) in [5.74, 6) is 0. The van der Waals surface area contributed by atoms with Crippen LogP contribution in [0.5, 0.6) is 0 Å². The number of hydrogen-bond donors (Lipinski definition) is 0. The van der Waals surface area contributed by atoms with Gasteiger partial charge >= 0.3 is 0 Å². The molecule has 0 spiro atoms. The molecule has 1 saturated heterocycles. The van der Waals surface area contributed by atoms with Crippen LogP contribution < -0.4 is 0 Å². The maximum atomic E-state index is 2.63. The average molecular weight is 183 g/mol. The summed E-state index contributed by atoms with van der Waals surface area (Å²) in [5.41, 5.74) is 2.45. The van der Waals surface area contributed by atoms with E-state index >= 15 is 0 Å². The number of hydrogen-bond acceptors (Lipinski definition) is 1. The molecule has 0 N–H and O–H groups in total. The second-order valence-electron chi connectivity index (χ2n) is 4.47. The topological polar surface area (TPSA) is 3.24 Å². The van der Waals surface area contributed by atoms with Crippen molar-refractivity contribution in [2.75, 3.05) is 19.3 Å². The molecule has 1 nitrogen and oxygen atoms in total. The van der Waals surface area contributed by atoms with Gasteiger partial charge in [-0.3, -0.25) is 0 Å². The Hall–Kier alpha value is -0.0831. The van der Waals surface area contributed by atoms with Gasteiger partial charge in [0.1, 0.15) is 0 Å². The summed E-state index contributed by atoms with van der Waals surface area (Å²) >= 11 is 0. The van der Waals surface area contributed by atoms with E-state index in [-0.39, 0.29) is 0 Å². The van der Waals surface area contributed by atoms with Gasteiger partial charge in [0, 0.05) is 0 Å². The van der Waals surface area contributed by atoms with Crippen LogP contribution in [0.2, 0.25) is 13.1 Å². The van der Waals surface area contributed by atoms with Gasteiger partial charge in [0.05, 0.1) is 8.07 Å². The molecule has 0 aromatic heterocycles. The van der Waals surface area contributed by atoms with Crippen LogP contribution in [-0.4, -0.2) is 32.2 Å². The Labute approximate surface area is 77.5 Å². The van der Waals surface area contributed by atoms with E-state index in [0.29, 0.717) is 0 Å². The third-order valence-electron chi connectivity index (χ3n) is 2.45. The standard InChI is InChI=1S/C10H21NSi/c1-4-9-12(2,3)10-11-7-5-6-8-11/h4,9H,5-8,10H2,1-3H3. The molecule has 0 atom stereocenters. The van der Waals surface area contributed by atoms with Crippen molar-refractivity contribution in [1.82, 2.24) is 4.90 Å². The molecule has 0 saturated carbocycles. The molecule has 70 valence electrons. The summed E-state index contributed by atoms with van der Waals surface area (Å²) in [6.45, 7) is 9.72. The summed E-state index contributed by atoms with van der Waals surface area (Å²) in [7, 11) is -1.02. The lowest BCUT2D eigenvalue weighted by Crippen LogP contribution is -2.39. The van der Waals surface area contributed by atoms with Crippen LogP contribution in [0.3, 0.4) is 0 Å². The molecule has 1 aliphatic heterocycles. The van der Waals surface area contributed by atoms with Gasteiger partial charge < -0.3 is 4.90 Å². The van der Waals surface area contributed by atoms with Crippen LogP contribution in [0.1, 0.15) is 19.8 Å². The highest BCUT2D eigenvalue weighted by Gasteiger charge is 2.22. The number of likely N-dealkylation sites (tertiary alicyclic amines) is 1. The summed E-state index contributed by atoms with van der Waals surface area (Å²) in [4.78, 5) is 2.63. The molecule has 0 aromatic rings. The summed E-state index contributed by atoms with van der Waals surface area (Å²) in [5, 5.41) is 0. The van der Waals surface area contributed by atoms with Gasteiger partial charge in [0.15, 0.2) is 0 Å². The minimum atomic E-state index is -1.02. The fourth-order valence-corrected chi connectivity index (χ4v) is 4.50. The third-order valence-corrected chi connectivity index (χ3v) is 4.95. The Morgan fingerprint density at radius 1 is 1.25 bits per heavy atom. The van der Waals surface area contributed by atoms with Gasteiger partial charge in [-0.1, -0.05) is 24.9 Å². The van der Waals surface area contributed by atoms with Crippen LogP contribution in [0, 0.1) is 0 Å². The van der Waals surface area contributed by atoms with Crippen LogP contribution in [0.4, 0.5) is 0 Å². The van der Waals surface area contributed by atoms with Crippen molar-refractivity contribution in [3.05, 3.63) is 11.8 Å². The Balaban J connectivity index is 2.37. The van der Waals surface area contributed by atoms with Crippen molar-refractivity contribution in [3.8, 4) is 0 Å². The van der Waals surface area contributed by atoms with E-state index in [1.807, 2.05) is 0 Å². The molecule has 0 radical (unpaired) electrons. The van der Waals surface area contributed by atoms with Gasteiger partial charge in [0.25, 0.3) is 0 Å². The molecule has 1 heterocycles. The highest BCUT2D eigenvalue weighted by atomic mass is 28.3. The van der Waals surface area contributed by atoms with Crippen molar-refractivity contribution in [2.45, 2.75) is 32.9 Å². The SMILES string of the molecule is CC=C[Si](C)(C)CN1CCCC1. The molecule has 1 fully saturated rings. The molecular weight excluding hydrogens is 162 g/mol. The van der Waals surface area contributed by atoms with Crippen LogP contribution >= 0.6 is 0 Å². The first-order valence-electron chi connectivity index (χ1n) is 5.00. The first-order valence-corrected chi connectivity index (χ1v) is 8.29. The average Bonchev–Trinajstić information content (AvgIpc) is 2.38. The second kappa shape index (κ2) is 4.24. The lowest BCUT2D eigenvalue weighted by Gasteiger charge is -2.25. The highest BCUT2D eigenvalue weighted by molar-refractivity contribution is 6.82. The van der Waals surface area contributed by atoms with Gasteiger partial charge in [-0.15, -0.1) is 0 Å². The van der Waals surface area contributed by atoms with E-state index in [1.165, 1.54) is 32.1 Å². The van der Waals surface area contributed by atoms with Crippen molar-refractivity contribution < 1.29 is 0 Å². The Bertz CT molecular complexity index is 157. The van der Waals surface area contributed by atoms with E-state index in [2.05, 4.69) is 36.7 Å². The summed E-state index contributed by atoms with van der Waals surface area (Å²) in [6, 6.07) is 0. The number of nitrogens with zero attached hydrogens (tertiary/aromatic N) is 1. The Kier molecular flexibility index (Phi) is 3.53. The largest absolute Gasteiger partial charge is 0.306 e. The minimum absolute atomic E-state index is 1.02. The molecule has 1 rings (SSSR count). The molecule has 0 aliphatic carbocycles. The fraction of sp³-hybridized carbons (Fsp3) is 0.800. The van der Waals surface area contributed by atoms with Gasteiger partial charge in [0.2, 0.25) is 0 Å². The minimum Gasteiger partial charge on any atom is -0.306 e. The van der Waals surface area contributed by atoms with Crippen LogP contribution in [-0.2, 0) is 0 Å². The molecule has 12 heavy (non-hydrogen) atoms. The fourth-order valence-electron chi connectivity index (χ4n) is 2.02. The maximum Gasteiger partial charge on any atom is 0.0857 e. The van der Waals surface area contributed by atoms with Crippen molar-refractivity contribution >= 4 is 8.07 Å².